The van der Waals surface area contributed by atoms with Crippen molar-refractivity contribution in [1.82, 2.24) is 9.55 Å². The standard InChI is InChI=1S/C37H35N2S.C5H8O2.Ir/c1-7-25(6)27-17-18-35-31(19-27)32(22-40-35)37-38-33-15-11-12-16-34(33)39(37)36-29(23(2)3)20-28(21-30(36)24(4)5)26-13-9-8-10-14-26;1-4(6)3-5(2)7;/h7-21,23-24H,1-6H3;3,6H,1-2H3;/q-1;;/b25-7-;4-3-;. The molecule has 0 aliphatic carbocycles. The van der Waals surface area contributed by atoms with Crippen molar-refractivity contribution in [3.8, 4) is 28.2 Å². The van der Waals surface area contributed by atoms with Gasteiger partial charge in [-0.2, -0.15) is 0 Å². The van der Waals surface area contributed by atoms with Crippen molar-refractivity contribution in [3.05, 3.63) is 125 Å². The van der Waals surface area contributed by atoms with Gasteiger partial charge in [0.05, 0.1) is 22.6 Å². The van der Waals surface area contributed by atoms with Crippen LogP contribution in [0.4, 0.5) is 0 Å². The second-order valence-corrected chi connectivity index (χ2v) is 13.4. The molecule has 0 bridgehead atoms. The number of aliphatic hydroxyl groups excluding tert-OH is 1. The van der Waals surface area contributed by atoms with E-state index in [1.54, 1.807) is 11.3 Å². The van der Waals surface area contributed by atoms with Crippen LogP contribution in [0.2, 0.25) is 0 Å². The van der Waals surface area contributed by atoms with Gasteiger partial charge in [-0.15, -0.1) is 5.39 Å². The van der Waals surface area contributed by atoms with Crippen LogP contribution < -0.4 is 0 Å². The Morgan fingerprint density at radius 1 is 0.854 bits per heavy atom. The molecule has 4 nitrogen and oxygen atoms in total. The topological polar surface area (TPSA) is 55.1 Å². The second kappa shape index (κ2) is 15.9. The largest absolute Gasteiger partial charge is 0.512 e. The van der Waals surface area contributed by atoms with Crippen molar-refractivity contribution in [2.45, 2.75) is 67.2 Å². The van der Waals surface area contributed by atoms with E-state index >= 15 is 0 Å². The maximum atomic E-state index is 10.0. The van der Waals surface area contributed by atoms with E-state index in [2.05, 4.69) is 142 Å². The van der Waals surface area contributed by atoms with Crippen LogP contribution in [-0.4, -0.2) is 20.4 Å². The number of carbonyl (C=O) groups excluding carboxylic acids is 1. The molecule has 1 radical (unpaired) electrons. The molecule has 48 heavy (non-hydrogen) atoms. The van der Waals surface area contributed by atoms with E-state index in [4.69, 9.17) is 10.1 Å². The summed E-state index contributed by atoms with van der Waals surface area (Å²) in [5, 5.41) is 13.2. The van der Waals surface area contributed by atoms with E-state index in [1.807, 2.05) is 0 Å². The molecule has 0 amide bonds. The first-order chi connectivity index (χ1) is 22.5. The number of allylic oxidation sites excluding steroid dienone is 4. The summed E-state index contributed by atoms with van der Waals surface area (Å²) >= 11 is 1.67. The third-order valence-corrected chi connectivity index (χ3v) is 9.22. The minimum atomic E-state index is -0.125. The SMILES string of the molecule is C/C=C(/C)c1ccc2s[c-]c(-c3nc4ccccc4n3-c3c(C(C)C)cc(-c4ccccc4)cc3C(C)C)c2c1.CC(=O)/C=C(/C)O.[Ir]. The van der Waals surface area contributed by atoms with Gasteiger partial charge in [-0.05, 0) is 97.2 Å². The summed E-state index contributed by atoms with van der Waals surface area (Å²) in [6, 6.07) is 30.8. The fraction of sp³-hybridized carbons (Fsp3) is 0.238. The first kappa shape index (κ1) is 36.7. The zero-order chi connectivity index (χ0) is 33.8. The molecule has 6 heteroatoms. The number of thiophene rings is 1. The van der Waals surface area contributed by atoms with Crippen molar-refractivity contribution in [2.24, 2.45) is 0 Å². The Labute approximate surface area is 302 Å². The number of ketones is 1. The predicted molar refractivity (Wildman–Crippen MR) is 201 cm³/mol. The van der Waals surface area contributed by atoms with Gasteiger partial charge in [-0.25, -0.2) is 0 Å². The maximum absolute atomic E-state index is 10.0. The summed E-state index contributed by atoms with van der Waals surface area (Å²) in [5.41, 5.74) is 12.1. The normalized spacial score (nSPS) is 12.0. The Balaban J connectivity index is 0.000000589. The summed E-state index contributed by atoms with van der Waals surface area (Å²) in [6.07, 6.45) is 3.34. The molecule has 1 N–H and O–H groups in total. The molecule has 0 saturated carbocycles. The van der Waals surface area contributed by atoms with Crippen LogP contribution in [-0.2, 0) is 24.9 Å². The van der Waals surface area contributed by atoms with Crippen LogP contribution in [0.1, 0.15) is 83.9 Å². The number of imidazole rings is 1. The van der Waals surface area contributed by atoms with Crippen LogP contribution >= 0.6 is 11.3 Å². The molecule has 0 spiro atoms. The van der Waals surface area contributed by atoms with Gasteiger partial charge >= 0.3 is 0 Å². The number of para-hydroxylation sites is 2. The van der Waals surface area contributed by atoms with Gasteiger partial charge in [-0.1, -0.05) is 110 Å². The van der Waals surface area contributed by atoms with Gasteiger partial charge in [0.1, 0.15) is 0 Å². The fourth-order valence-electron chi connectivity index (χ4n) is 5.88. The molecule has 249 valence electrons. The Morgan fingerprint density at radius 2 is 1.48 bits per heavy atom. The zero-order valence-corrected chi connectivity index (χ0v) is 32.1. The predicted octanol–water partition coefficient (Wildman–Crippen LogP) is 12.1. The van der Waals surface area contributed by atoms with Gasteiger partial charge in [0.2, 0.25) is 0 Å². The van der Waals surface area contributed by atoms with Crippen molar-refractivity contribution < 1.29 is 30.0 Å². The fourth-order valence-corrected chi connectivity index (χ4v) is 6.70. The number of carbonyl (C=O) groups is 1. The van der Waals surface area contributed by atoms with Crippen molar-refractivity contribution >= 4 is 43.8 Å². The molecule has 4 aromatic carbocycles. The Morgan fingerprint density at radius 3 is 2.04 bits per heavy atom. The minimum absolute atomic E-state index is 0. The number of hydrogen-bond donors (Lipinski definition) is 1. The number of rotatable bonds is 7. The van der Waals surface area contributed by atoms with E-state index < -0.39 is 0 Å². The second-order valence-electron chi connectivity index (χ2n) is 12.6. The van der Waals surface area contributed by atoms with E-state index in [-0.39, 0.29) is 31.6 Å². The molecule has 0 aliphatic rings. The molecule has 6 aromatic rings. The molecule has 0 atom stereocenters. The Hall–Kier alpha value is -4.09. The first-order valence-corrected chi connectivity index (χ1v) is 17.0. The van der Waals surface area contributed by atoms with E-state index in [9.17, 15) is 4.79 Å². The zero-order valence-electron chi connectivity index (χ0n) is 28.9. The quantitative estimate of drug-likeness (QED) is 0.0990. The number of benzene rings is 4. The molecule has 2 aromatic heterocycles. The molecular weight excluding hydrogens is 789 g/mol. The maximum Gasteiger partial charge on any atom is 0.155 e. The Bertz CT molecular complexity index is 2080. The number of hydrogen-bond acceptors (Lipinski definition) is 4. The molecule has 0 aliphatic heterocycles. The van der Waals surface area contributed by atoms with Crippen LogP contribution in [0, 0.1) is 5.38 Å². The Kier molecular flexibility index (Phi) is 12.1. The average Bonchev–Trinajstić information content (AvgIpc) is 3.64. The minimum Gasteiger partial charge on any atom is -0.512 e. The summed E-state index contributed by atoms with van der Waals surface area (Å²) in [6.45, 7) is 16.3. The van der Waals surface area contributed by atoms with Crippen LogP contribution in [0.3, 0.4) is 0 Å². The number of aliphatic hydroxyl groups is 1. The molecule has 0 unspecified atom stereocenters. The summed E-state index contributed by atoms with van der Waals surface area (Å²) in [7, 11) is 0. The van der Waals surface area contributed by atoms with Crippen LogP contribution in [0.5, 0.6) is 0 Å². The van der Waals surface area contributed by atoms with Crippen molar-refractivity contribution in [2.75, 3.05) is 0 Å². The average molecular weight is 832 g/mol. The van der Waals surface area contributed by atoms with Gasteiger partial charge in [0, 0.05) is 31.9 Å². The van der Waals surface area contributed by atoms with Crippen LogP contribution in [0.25, 0.3) is 54.9 Å². The van der Waals surface area contributed by atoms with Gasteiger partial charge < -0.3 is 9.67 Å². The molecule has 0 fully saturated rings. The molecule has 0 saturated heterocycles. The van der Waals surface area contributed by atoms with E-state index in [0.29, 0.717) is 11.8 Å². The van der Waals surface area contributed by atoms with Crippen LogP contribution in [0.15, 0.2) is 103 Å². The van der Waals surface area contributed by atoms with E-state index in [1.165, 1.54) is 69.1 Å². The molecule has 6 rings (SSSR count). The number of fused-ring (bicyclic) bond motifs is 2. The van der Waals surface area contributed by atoms with Crippen molar-refractivity contribution in [1.29, 1.82) is 0 Å². The van der Waals surface area contributed by atoms with E-state index in [0.717, 1.165) is 22.4 Å². The summed E-state index contributed by atoms with van der Waals surface area (Å²) in [5.74, 6) is 1.56. The molecular formula is C42H43IrN2O2S-. The van der Waals surface area contributed by atoms with Gasteiger partial charge in [0.25, 0.3) is 0 Å². The number of aromatic nitrogens is 2. The molecule has 2 heterocycles. The third-order valence-electron chi connectivity index (χ3n) is 8.34. The van der Waals surface area contributed by atoms with Gasteiger partial charge in [0.15, 0.2) is 5.78 Å². The van der Waals surface area contributed by atoms with Gasteiger partial charge in [-0.3, -0.25) is 21.1 Å². The first-order valence-electron chi connectivity index (χ1n) is 16.2. The third kappa shape index (κ3) is 7.79. The van der Waals surface area contributed by atoms with Crippen molar-refractivity contribution in [3.63, 3.8) is 0 Å². The summed E-state index contributed by atoms with van der Waals surface area (Å²) < 4.78 is 3.65. The number of nitrogens with zero attached hydrogens (tertiary/aromatic N) is 2. The smallest absolute Gasteiger partial charge is 0.155 e. The summed E-state index contributed by atoms with van der Waals surface area (Å²) in [4.78, 5) is 15.3. The monoisotopic (exact) mass is 832 g/mol.